The zero-order valence-corrected chi connectivity index (χ0v) is 11.1. The van der Waals surface area contributed by atoms with Crippen LogP contribution in [0.25, 0.3) is 0 Å². The fourth-order valence-electron chi connectivity index (χ4n) is 2.25. The van der Waals surface area contributed by atoms with E-state index >= 15 is 0 Å². The minimum Gasteiger partial charge on any atom is -0.393 e. The number of thiocarbonyl (C=S) groups is 1. The summed E-state index contributed by atoms with van der Waals surface area (Å²) in [6.07, 6.45) is 3.50. The first kappa shape index (κ1) is 13.0. The molecule has 0 spiro atoms. The lowest BCUT2D eigenvalue weighted by molar-refractivity contribution is -0.123. The van der Waals surface area contributed by atoms with Crippen molar-refractivity contribution in [2.45, 2.75) is 31.6 Å². The summed E-state index contributed by atoms with van der Waals surface area (Å²) >= 11 is 4.80. The van der Waals surface area contributed by atoms with Gasteiger partial charge in [-0.05, 0) is 36.8 Å². The maximum absolute atomic E-state index is 11.9. The van der Waals surface area contributed by atoms with Gasteiger partial charge in [0, 0.05) is 6.54 Å². The van der Waals surface area contributed by atoms with Crippen LogP contribution in [0.3, 0.4) is 0 Å². The lowest BCUT2D eigenvalue weighted by atomic mass is 9.77. The highest BCUT2D eigenvalue weighted by Crippen LogP contribution is 2.34. The SMILES string of the molecule is NC(=S)CCCCNC(=O)C1Cc2ccccc21. The van der Waals surface area contributed by atoms with Crippen LogP contribution in [0, 0.1) is 0 Å². The molecule has 0 heterocycles. The van der Waals surface area contributed by atoms with E-state index in [1.54, 1.807) is 0 Å². The molecule has 0 fully saturated rings. The molecular weight excluding hydrogens is 244 g/mol. The molecule has 0 aliphatic heterocycles. The average Bonchev–Trinajstić information content (AvgIpc) is 2.30. The lowest BCUT2D eigenvalue weighted by Gasteiger charge is -2.28. The van der Waals surface area contributed by atoms with Gasteiger partial charge in [-0.3, -0.25) is 4.79 Å². The monoisotopic (exact) mass is 262 g/mol. The number of hydrogen-bond donors (Lipinski definition) is 2. The number of nitrogens with one attached hydrogen (secondary N) is 1. The van der Waals surface area contributed by atoms with Gasteiger partial charge in [0.2, 0.25) is 5.91 Å². The summed E-state index contributed by atoms with van der Waals surface area (Å²) in [5.74, 6) is 0.195. The summed E-state index contributed by atoms with van der Waals surface area (Å²) < 4.78 is 0. The maximum atomic E-state index is 11.9. The molecule has 18 heavy (non-hydrogen) atoms. The number of unbranched alkanes of at least 4 members (excludes halogenated alkanes) is 1. The summed E-state index contributed by atoms with van der Waals surface area (Å²) in [7, 11) is 0. The van der Waals surface area contributed by atoms with E-state index in [0.717, 1.165) is 25.7 Å². The summed E-state index contributed by atoms with van der Waals surface area (Å²) in [6, 6.07) is 8.13. The Kier molecular flexibility index (Phi) is 4.31. The molecule has 1 aromatic rings. The molecule has 1 aromatic carbocycles. The van der Waals surface area contributed by atoms with Gasteiger partial charge in [-0.15, -0.1) is 0 Å². The van der Waals surface area contributed by atoms with Gasteiger partial charge in [0.15, 0.2) is 0 Å². The molecule has 0 bridgehead atoms. The van der Waals surface area contributed by atoms with Gasteiger partial charge in [-0.25, -0.2) is 0 Å². The molecule has 1 aliphatic carbocycles. The highest BCUT2D eigenvalue weighted by Gasteiger charge is 2.31. The van der Waals surface area contributed by atoms with Gasteiger partial charge in [-0.1, -0.05) is 36.5 Å². The van der Waals surface area contributed by atoms with Crippen molar-refractivity contribution in [2.24, 2.45) is 5.73 Å². The van der Waals surface area contributed by atoms with Crippen molar-refractivity contribution >= 4 is 23.1 Å². The Labute approximate surface area is 113 Å². The molecule has 1 amide bonds. The van der Waals surface area contributed by atoms with E-state index in [4.69, 9.17) is 18.0 Å². The summed E-state index contributed by atoms with van der Waals surface area (Å²) in [6.45, 7) is 0.708. The molecular formula is C14H18N2OS. The molecule has 1 aliphatic rings. The third-order valence-corrected chi connectivity index (χ3v) is 3.52. The van der Waals surface area contributed by atoms with Gasteiger partial charge in [0.25, 0.3) is 0 Å². The van der Waals surface area contributed by atoms with Crippen LogP contribution in [0.15, 0.2) is 24.3 Å². The van der Waals surface area contributed by atoms with E-state index in [1.165, 1.54) is 11.1 Å². The van der Waals surface area contributed by atoms with Crippen LogP contribution in [-0.2, 0) is 11.2 Å². The van der Waals surface area contributed by atoms with Gasteiger partial charge >= 0.3 is 0 Å². The van der Waals surface area contributed by atoms with E-state index in [-0.39, 0.29) is 11.8 Å². The second kappa shape index (κ2) is 5.96. The summed E-state index contributed by atoms with van der Waals surface area (Å²) in [5, 5.41) is 2.98. The molecule has 3 nitrogen and oxygen atoms in total. The third-order valence-electron chi connectivity index (χ3n) is 3.32. The van der Waals surface area contributed by atoms with E-state index in [0.29, 0.717) is 11.5 Å². The van der Waals surface area contributed by atoms with Crippen LogP contribution >= 0.6 is 12.2 Å². The fraction of sp³-hybridized carbons (Fsp3) is 0.429. The van der Waals surface area contributed by atoms with Crippen molar-refractivity contribution in [3.63, 3.8) is 0 Å². The number of nitrogens with two attached hydrogens (primary N) is 1. The predicted molar refractivity (Wildman–Crippen MR) is 76.5 cm³/mol. The van der Waals surface area contributed by atoms with E-state index in [9.17, 15) is 4.79 Å². The number of fused-ring (bicyclic) bond motifs is 1. The predicted octanol–water partition coefficient (Wildman–Crippen LogP) is 1.90. The van der Waals surface area contributed by atoms with Gasteiger partial charge < -0.3 is 11.1 Å². The molecule has 96 valence electrons. The second-order valence-electron chi connectivity index (χ2n) is 4.67. The number of carbonyl (C=O) groups is 1. The van der Waals surface area contributed by atoms with Crippen LogP contribution < -0.4 is 11.1 Å². The highest BCUT2D eigenvalue weighted by atomic mass is 32.1. The van der Waals surface area contributed by atoms with Crippen LogP contribution in [-0.4, -0.2) is 17.4 Å². The Morgan fingerprint density at radius 1 is 1.39 bits per heavy atom. The van der Waals surface area contributed by atoms with Crippen LogP contribution in [0.2, 0.25) is 0 Å². The number of rotatable bonds is 6. The number of amides is 1. The Balaban J connectivity index is 1.70. The van der Waals surface area contributed by atoms with E-state index in [1.807, 2.05) is 18.2 Å². The molecule has 1 atom stereocenters. The Hall–Kier alpha value is -1.42. The van der Waals surface area contributed by atoms with Crippen LogP contribution in [0.4, 0.5) is 0 Å². The molecule has 2 rings (SSSR count). The van der Waals surface area contributed by atoms with Crippen molar-refractivity contribution < 1.29 is 4.79 Å². The maximum Gasteiger partial charge on any atom is 0.227 e. The molecule has 4 heteroatoms. The number of hydrogen-bond acceptors (Lipinski definition) is 2. The molecule has 0 aromatic heterocycles. The fourth-order valence-corrected chi connectivity index (χ4v) is 2.40. The first-order chi connectivity index (χ1) is 8.68. The first-order valence-electron chi connectivity index (χ1n) is 6.32. The first-order valence-corrected chi connectivity index (χ1v) is 6.73. The largest absolute Gasteiger partial charge is 0.393 e. The quantitative estimate of drug-likeness (QED) is 0.608. The molecule has 0 radical (unpaired) electrons. The number of carbonyl (C=O) groups excluding carboxylic acids is 1. The average molecular weight is 262 g/mol. The van der Waals surface area contributed by atoms with Gasteiger partial charge in [-0.2, -0.15) is 0 Å². The molecule has 0 saturated carbocycles. The van der Waals surface area contributed by atoms with E-state index < -0.39 is 0 Å². The highest BCUT2D eigenvalue weighted by molar-refractivity contribution is 7.80. The Morgan fingerprint density at radius 3 is 2.89 bits per heavy atom. The van der Waals surface area contributed by atoms with Crippen LogP contribution in [0.1, 0.15) is 36.3 Å². The second-order valence-corrected chi connectivity index (χ2v) is 5.19. The topological polar surface area (TPSA) is 55.1 Å². The zero-order valence-electron chi connectivity index (χ0n) is 10.3. The summed E-state index contributed by atoms with van der Waals surface area (Å²) in [4.78, 5) is 12.5. The van der Waals surface area contributed by atoms with Crippen LogP contribution in [0.5, 0.6) is 0 Å². The molecule has 3 N–H and O–H groups in total. The minimum absolute atomic E-state index is 0.0526. The van der Waals surface area contributed by atoms with Crippen molar-refractivity contribution in [1.82, 2.24) is 5.32 Å². The van der Waals surface area contributed by atoms with Crippen molar-refractivity contribution in [3.05, 3.63) is 35.4 Å². The molecule has 1 unspecified atom stereocenters. The Morgan fingerprint density at radius 2 is 2.17 bits per heavy atom. The van der Waals surface area contributed by atoms with Crippen molar-refractivity contribution in [1.29, 1.82) is 0 Å². The lowest BCUT2D eigenvalue weighted by Crippen LogP contribution is -2.35. The summed E-state index contributed by atoms with van der Waals surface area (Å²) in [5.41, 5.74) is 7.89. The standard InChI is InChI=1S/C14H18N2OS/c15-13(18)7-3-4-8-16-14(17)12-9-10-5-1-2-6-11(10)12/h1-2,5-6,12H,3-4,7-9H2,(H2,15,18)(H,16,17). The minimum atomic E-state index is 0.0526. The Bertz CT molecular complexity index is 459. The van der Waals surface area contributed by atoms with Gasteiger partial charge in [0.1, 0.15) is 0 Å². The van der Waals surface area contributed by atoms with Crippen molar-refractivity contribution in [2.75, 3.05) is 6.54 Å². The van der Waals surface area contributed by atoms with E-state index in [2.05, 4.69) is 11.4 Å². The van der Waals surface area contributed by atoms with Crippen molar-refractivity contribution in [3.8, 4) is 0 Å². The third kappa shape index (κ3) is 3.07. The smallest absolute Gasteiger partial charge is 0.227 e. The van der Waals surface area contributed by atoms with Gasteiger partial charge in [0.05, 0.1) is 10.9 Å². The number of benzene rings is 1. The normalized spacial score (nSPS) is 16.6. The molecule has 0 saturated heterocycles. The zero-order chi connectivity index (χ0) is 13.0.